The van der Waals surface area contributed by atoms with E-state index < -0.39 is 0 Å². The molecule has 1 aliphatic rings. The fourth-order valence-electron chi connectivity index (χ4n) is 2.63. The van der Waals surface area contributed by atoms with Crippen LogP contribution in [0.3, 0.4) is 0 Å². The van der Waals surface area contributed by atoms with E-state index in [-0.39, 0.29) is 0 Å². The minimum atomic E-state index is 0.364. The Morgan fingerprint density at radius 3 is 3.05 bits per heavy atom. The van der Waals surface area contributed by atoms with Crippen molar-refractivity contribution in [1.82, 2.24) is 5.32 Å². The van der Waals surface area contributed by atoms with E-state index in [0.29, 0.717) is 6.10 Å². The van der Waals surface area contributed by atoms with Gasteiger partial charge in [0.1, 0.15) is 0 Å². The number of rotatable bonds is 8. The lowest BCUT2D eigenvalue weighted by molar-refractivity contribution is 0.116. The first-order chi connectivity index (χ1) is 10.2. The lowest BCUT2D eigenvalue weighted by Crippen LogP contribution is -2.30. The Kier molecular flexibility index (Phi) is 6.96. The summed E-state index contributed by atoms with van der Waals surface area (Å²) in [5, 5.41) is 3.41. The summed E-state index contributed by atoms with van der Waals surface area (Å²) in [7, 11) is 3.87. The molecule has 0 spiro atoms. The number of methoxy groups -OCH3 is 1. The van der Waals surface area contributed by atoms with Gasteiger partial charge in [0.2, 0.25) is 0 Å². The highest BCUT2D eigenvalue weighted by Gasteiger charge is 2.19. The van der Waals surface area contributed by atoms with Crippen molar-refractivity contribution in [3.05, 3.63) is 28.2 Å². The number of nitrogens with zero attached hydrogens (tertiary/aromatic N) is 1. The van der Waals surface area contributed by atoms with Crippen molar-refractivity contribution >= 4 is 21.6 Å². The highest BCUT2D eigenvalue weighted by molar-refractivity contribution is 9.10. The van der Waals surface area contributed by atoms with Crippen LogP contribution in [0.5, 0.6) is 0 Å². The van der Waals surface area contributed by atoms with Gasteiger partial charge in [0.15, 0.2) is 0 Å². The van der Waals surface area contributed by atoms with Crippen molar-refractivity contribution in [2.75, 3.05) is 45.4 Å². The zero-order chi connectivity index (χ0) is 15.1. The molecule has 118 valence electrons. The molecule has 1 aromatic rings. The Balaban J connectivity index is 1.99. The van der Waals surface area contributed by atoms with Gasteiger partial charge in [0.05, 0.1) is 12.7 Å². The molecule has 21 heavy (non-hydrogen) atoms. The molecule has 1 N–H and O–H groups in total. The summed E-state index contributed by atoms with van der Waals surface area (Å²) in [5.41, 5.74) is 2.56. The molecule has 0 bridgehead atoms. The van der Waals surface area contributed by atoms with E-state index in [0.717, 1.165) is 37.3 Å². The van der Waals surface area contributed by atoms with Crippen LogP contribution in [0.15, 0.2) is 22.7 Å². The Morgan fingerprint density at radius 2 is 2.33 bits per heavy atom. The summed E-state index contributed by atoms with van der Waals surface area (Å²) in [6.45, 7) is 4.30. The van der Waals surface area contributed by atoms with E-state index in [1.165, 1.54) is 24.1 Å². The molecule has 1 unspecified atom stereocenters. The number of hydrogen-bond acceptors (Lipinski definition) is 4. The molecule has 0 aromatic heterocycles. The predicted molar refractivity (Wildman–Crippen MR) is 90.0 cm³/mol. The van der Waals surface area contributed by atoms with Gasteiger partial charge < -0.3 is 19.7 Å². The molecular weight excluding hydrogens is 332 g/mol. The van der Waals surface area contributed by atoms with Gasteiger partial charge in [-0.2, -0.15) is 0 Å². The molecule has 1 atom stereocenters. The Labute approximate surface area is 135 Å². The predicted octanol–water partition coefficient (Wildman–Crippen LogP) is 2.80. The van der Waals surface area contributed by atoms with E-state index in [1.807, 2.05) is 0 Å². The number of halogens is 1. The van der Waals surface area contributed by atoms with E-state index in [9.17, 15) is 0 Å². The minimum Gasteiger partial charge on any atom is -0.383 e. The van der Waals surface area contributed by atoms with Crippen molar-refractivity contribution < 1.29 is 9.47 Å². The maximum Gasteiger partial charge on any atom is 0.0750 e. The van der Waals surface area contributed by atoms with Gasteiger partial charge in [-0.15, -0.1) is 0 Å². The molecule has 5 heteroatoms. The average Bonchev–Trinajstić information content (AvgIpc) is 2.97. The molecule has 0 amide bonds. The zero-order valence-electron chi connectivity index (χ0n) is 12.9. The highest BCUT2D eigenvalue weighted by atomic mass is 79.9. The maximum atomic E-state index is 5.74. The highest BCUT2D eigenvalue weighted by Crippen LogP contribution is 2.26. The Bertz CT molecular complexity index is 436. The largest absolute Gasteiger partial charge is 0.383 e. The van der Waals surface area contributed by atoms with Crippen molar-refractivity contribution in [3.63, 3.8) is 0 Å². The molecule has 0 saturated carbocycles. The first-order valence-electron chi connectivity index (χ1n) is 7.51. The maximum absolute atomic E-state index is 5.74. The second kappa shape index (κ2) is 8.73. The van der Waals surface area contributed by atoms with Crippen LogP contribution < -0.4 is 10.2 Å². The number of anilines is 1. The standard InChI is InChI=1S/C16H25BrN2O2/c1-19(12-15-4-3-8-21-15)16-10-14(17)6-5-13(16)11-18-7-9-20-2/h5-6,10,15,18H,3-4,7-9,11-12H2,1-2H3. The topological polar surface area (TPSA) is 33.7 Å². The summed E-state index contributed by atoms with van der Waals surface area (Å²) < 4.78 is 11.9. The third kappa shape index (κ3) is 5.25. The fourth-order valence-corrected chi connectivity index (χ4v) is 2.98. The van der Waals surface area contributed by atoms with Crippen molar-refractivity contribution in [1.29, 1.82) is 0 Å². The van der Waals surface area contributed by atoms with Crippen LogP contribution >= 0.6 is 15.9 Å². The van der Waals surface area contributed by atoms with Crippen molar-refractivity contribution in [3.8, 4) is 0 Å². The number of benzene rings is 1. The molecule has 2 rings (SSSR count). The minimum absolute atomic E-state index is 0.364. The first-order valence-corrected chi connectivity index (χ1v) is 8.31. The SMILES string of the molecule is COCCNCc1ccc(Br)cc1N(C)CC1CCCO1. The van der Waals surface area contributed by atoms with Crippen LogP contribution in [-0.4, -0.2) is 46.6 Å². The van der Waals surface area contributed by atoms with E-state index in [4.69, 9.17) is 9.47 Å². The first kappa shape index (κ1) is 16.7. The summed E-state index contributed by atoms with van der Waals surface area (Å²) in [6, 6.07) is 6.45. The van der Waals surface area contributed by atoms with Crippen LogP contribution in [-0.2, 0) is 16.0 Å². The zero-order valence-corrected chi connectivity index (χ0v) is 14.5. The second-order valence-electron chi connectivity index (χ2n) is 5.46. The Hall–Kier alpha value is -0.620. The van der Waals surface area contributed by atoms with Gasteiger partial charge in [-0.25, -0.2) is 0 Å². The normalized spacial score (nSPS) is 18.1. The smallest absolute Gasteiger partial charge is 0.0750 e. The van der Waals surface area contributed by atoms with Gasteiger partial charge in [0.25, 0.3) is 0 Å². The van der Waals surface area contributed by atoms with Gasteiger partial charge in [-0.05, 0) is 30.5 Å². The lowest BCUT2D eigenvalue weighted by Gasteiger charge is -2.25. The van der Waals surface area contributed by atoms with E-state index >= 15 is 0 Å². The van der Waals surface area contributed by atoms with Crippen molar-refractivity contribution in [2.24, 2.45) is 0 Å². The summed E-state index contributed by atoms with van der Waals surface area (Å²) in [6.07, 6.45) is 2.71. The summed E-state index contributed by atoms with van der Waals surface area (Å²) >= 11 is 3.57. The number of likely N-dealkylation sites (N-methyl/N-ethyl adjacent to an activating group) is 1. The van der Waals surface area contributed by atoms with Crippen molar-refractivity contribution in [2.45, 2.75) is 25.5 Å². The number of hydrogen-bond donors (Lipinski definition) is 1. The summed E-state index contributed by atoms with van der Waals surface area (Å²) in [4.78, 5) is 2.30. The van der Waals surface area contributed by atoms with Crippen LogP contribution in [0.4, 0.5) is 5.69 Å². The lowest BCUT2D eigenvalue weighted by atomic mass is 10.1. The average molecular weight is 357 g/mol. The molecule has 1 aliphatic heterocycles. The Morgan fingerprint density at radius 1 is 1.48 bits per heavy atom. The van der Waals surface area contributed by atoms with E-state index in [1.54, 1.807) is 7.11 Å². The van der Waals surface area contributed by atoms with Crippen LogP contribution in [0.2, 0.25) is 0 Å². The summed E-state index contributed by atoms with van der Waals surface area (Å²) in [5.74, 6) is 0. The molecule has 0 radical (unpaired) electrons. The van der Waals surface area contributed by atoms with Crippen LogP contribution in [0, 0.1) is 0 Å². The fraction of sp³-hybridized carbons (Fsp3) is 0.625. The van der Waals surface area contributed by atoms with Gasteiger partial charge in [0, 0.05) is 50.6 Å². The van der Waals surface area contributed by atoms with Gasteiger partial charge in [-0.3, -0.25) is 0 Å². The molecule has 4 nitrogen and oxygen atoms in total. The molecule has 1 heterocycles. The molecule has 1 aromatic carbocycles. The number of ether oxygens (including phenoxy) is 2. The molecular formula is C16H25BrN2O2. The third-order valence-corrected chi connectivity index (χ3v) is 4.25. The van der Waals surface area contributed by atoms with Crippen LogP contribution in [0.25, 0.3) is 0 Å². The van der Waals surface area contributed by atoms with Crippen LogP contribution in [0.1, 0.15) is 18.4 Å². The molecule has 1 fully saturated rings. The van der Waals surface area contributed by atoms with Gasteiger partial charge >= 0.3 is 0 Å². The van der Waals surface area contributed by atoms with Gasteiger partial charge in [-0.1, -0.05) is 22.0 Å². The second-order valence-corrected chi connectivity index (χ2v) is 6.37. The monoisotopic (exact) mass is 356 g/mol. The molecule has 0 aliphatic carbocycles. The van der Waals surface area contributed by atoms with E-state index in [2.05, 4.69) is 51.4 Å². The molecule has 1 saturated heterocycles. The quantitative estimate of drug-likeness (QED) is 0.726. The number of nitrogens with one attached hydrogen (secondary N) is 1. The third-order valence-electron chi connectivity index (χ3n) is 3.76.